The van der Waals surface area contributed by atoms with Gasteiger partial charge in [-0.3, -0.25) is 14.6 Å². The van der Waals surface area contributed by atoms with Crippen LogP contribution in [0.15, 0.2) is 36.5 Å². The Labute approximate surface area is 161 Å². The molecule has 140 valence electrons. The molecule has 7 nitrogen and oxygen atoms in total. The SMILES string of the molecule is O=C(Cc1cc(Cl)ccc1O)Nc1ccnc(C(=O)NC2[C@H]3CNC[C@@H]23)c1. The van der Waals surface area contributed by atoms with Crippen molar-refractivity contribution in [2.24, 2.45) is 11.8 Å². The molecule has 2 aromatic rings. The van der Waals surface area contributed by atoms with Gasteiger partial charge in [0, 0.05) is 41.6 Å². The van der Waals surface area contributed by atoms with E-state index in [1.807, 2.05) is 0 Å². The number of carbonyl (C=O) groups excluding carboxylic acids is 2. The lowest BCUT2D eigenvalue weighted by atomic mass is 10.1. The number of phenolic OH excluding ortho intramolecular Hbond substituents is 1. The van der Waals surface area contributed by atoms with E-state index < -0.39 is 0 Å². The first-order valence-electron chi connectivity index (χ1n) is 8.76. The number of fused-ring (bicyclic) bond motifs is 1. The average molecular weight is 387 g/mol. The summed E-state index contributed by atoms with van der Waals surface area (Å²) in [4.78, 5) is 28.7. The standard InChI is InChI=1S/C19H19ClN4O3/c20-11-1-2-16(25)10(5-11)6-17(26)23-12-3-4-22-15(7-12)19(27)24-18-13-8-21-9-14(13)18/h1-5,7,13-14,18,21,25H,6,8-9H2,(H,24,27)(H,22,23,26)/t13-,14+,18?. The van der Waals surface area contributed by atoms with Gasteiger partial charge in [-0.25, -0.2) is 0 Å². The fourth-order valence-corrected chi connectivity index (χ4v) is 3.76. The monoisotopic (exact) mass is 386 g/mol. The van der Waals surface area contributed by atoms with Crippen LogP contribution in [0.4, 0.5) is 5.69 Å². The molecule has 2 fully saturated rings. The van der Waals surface area contributed by atoms with E-state index in [9.17, 15) is 14.7 Å². The van der Waals surface area contributed by atoms with Crippen LogP contribution in [0, 0.1) is 11.8 Å². The average Bonchev–Trinajstić information content (AvgIpc) is 3.05. The summed E-state index contributed by atoms with van der Waals surface area (Å²) in [5, 5.41) is 19.3. The van der Waals surface area contributed by atoms with Crippen LogP contribution in [0.25, 0.3) is 0 Å². The van der Waals surface area contributed by atoms with Crippen molar-refractivity contribution in [3.8, 4) is 5.75 Å². The summed E-state index contributed by atoms with van der Waals surface area (Å²) in [5.74, 6) is 0.476. The molecule has 1 aromatic heterocycles. The molecule has 8 heteroatoms. The third-order valence-electron chi connectivity index (χ3n) is 5.06. The van der Waals surface area contributed by atoms with E-state index in [4.69, 9.17) is 11.6 Å². The third-order valence-corrected chi connectivity index (χ3v) is 5.29. The molecule has 1 saturated carbocycles. The Bertz CT molecular complexity index is 894. The van der Waals surface area contributed by atoms with E-state index in [1.165, 1.54) is 12.3 Å². The van der Waals surface area contributed by atoms with E-state index in [-0.39, 0.29) is 35.7 Å². The molecule has 4 N–H and O–H groups in total. The number of carbonyl (C=O) groups is 2. The quantitative estimate of drug-likeness (QED) is 0.624. The van der Waals surface area contributed by atoms with E-state index in [0.29, 0.717) is 28.1 Å². The maximum Gasteiger partial charge on any atom is 0.270 e. The molecule has 0 bridgehead atoms. The van der Waals surface area contributed by atoms with Gasteiger partial charge < -0.3 is 21.1 Å². The first-order chi connectivity index (χ1) is 13.0. The number of phenols is 1. The van der Waals surface area contributed by atoms with Gasteiger partial charge >= 0.3 is 0 Å². The Balaban J connectivity index is 1.38. The largest absolute Gasteiger partial charge is 0.508 e. The maximum absolute atomic E-state index is 12.4. The summed E-state index contributed by atoms with van der Waals surface area (Å²) in [6, 6.07) is 7.91. The predicted molar refractivity (Wildman–Crippen MR) is 101 cm³/mol. The number of benzene rings is 1. The van der Waals surface area contributed by atoms with E-state index in [2.05, 4.69) is 20.9 Å². The van der Waals surface area contributed by atoms with E-state index in [0.717, 1.165) is 13.1 Å². The Morgan fingerprint density at radius 3 is 2.78 bits per heavy atom. The van der Waals surface area contributed by atoms with Crippen molar-refractivity contribution in [2.45, 2.75) is 12.5 Å². The summed E-state index contributed by atoms with van der Waals surface area (Å²) in [5.41, 5.74) is 1.16. The number of piperidine rings is 1. The smallest absolute Gasteiger partial charge is 0.270 e. The summed E-state index contributed by atoms with van der Waals surface area (Å²) < 4.78 is 0. The summed E-state index contributed by atoms with van der Waals surface area (Å²) in [6.45, 7) is 1.88. The van der Waals surface area contributed by atoms with E-state index >= 15 is 0 Å². The van der Waals surface area contributed by atoms with Crippen LogP contribution in [0.1, 0.15) is 16.1 Å². The highest BCUT2D eigenvalue weighted by atomic mass is 35.5. The zero-order valence-corrected chi connectivity index (χ0v) is 15.2. The highest BCUT2D eigenvalue weighted by Gasteiger charge is 2.53. The number of anilines is 1. The van der Waals surface area contributed by atoms with Gasteiger partial charge in [-0.2, -0.15) is 0 Å². The van der Waals surface area contributed by atoms with Crippen LogP contribution >= 0.6 is 11.6 Å². The molecule has 1 aromatic carbocycles. The van der Waals surface area contributed by atoms with Crippen molar-refractivity contribution in [3.05, 3.63) is 52.8 Å². The molecule has 0 radical (unpaired) electrons. The number of hydrogen-bond donors (Lipinski definition) is 4. The fourth-order valence-electron chi connectivity index (χ4n) is 3.56. The molecule has 1 aliphatic heterocycles. The summed E-state index contributed by atoms with van der Waals surface area (Å²) >= 11 is 5.90. The molecule has 1 saturated heterocycles. The van der Waals surface area contributed by atoms with Gasteiger partial charge in [0.25, 0.3) is 5.91 Å². The zero-order chi connectivity index (χ0) is 19.0. The summed E-state index contributed by atoms with van der Waals surface area (Å²) in [6.07, 6.45) is 1.45. The molecule has 2 aliphatic rings. The molecular weight excluding hydrogens is 368 g/mol. The highest BCUT2D eigenvalue weighted by Crippen LogP contribution is 2.41. The Morgan fingerprint density at radius 2 is 2.00 bits per heavy atom. The van der Waals surface area contributed by atoms with Gasteiger partial charge in [-0.15, -0.1) is 0 Å². The number of amides is 2. The van der Waals surface area contributed by atoms with Gasteiger partial charge in [0.05, 0.1) is 6.42 Å². The molecule has 2 amide bonds. The second-order valence-electron chi connectivity index (χ2n) is 6.91. The lowest BCUT2D eigenvalue weighted by Crippen LogP contribution is -2.33. The Morgan fingerprint density at radius 1 is 1.22 bits per heavy atom. The number of halogens is 1. The second-order valence-corrected chi connectivity index (χ2v) is 7.35. The van der Waals surface area contributed by atoms with Crippen molar-refractivity contribution in [3.63, 3.8) is 0 Å². The van der Waals surface area contributed by atoms with Crippen molar-refractivity contribution >= 4 is 29.1 Å². The molecule has 0 spiro atoms. The number of rotatable bonds is 5. The lowest BCUT2D eigenvalue weighted by molar-refractivity contribution is -0.115. The molecule has 1 aliphatic carbocycles. The van der Waals surface area contributed by atoms with Gasteiger partial charge in [0.15, 0.2) is 0 Å². The number of nitrogens with zero attached hydrogens (tertiary/aromatic N) is 1. The fraction of sp³-hybridized carbons (Fsp3) is 0.316. The molecule has 2 heterocycles. The predicted octanol–water partition coefficient (Wildman–Crippen LogP) is 1.57. The van der Waals surface area contributed by atoms with Crippen molar-refractivity contribution in [2.75, 3.05) is 18.4 Å². The number of nitrogens with one attached hydrogen (secondary N) is 3. The first kappa shape index (κ1) is 17.8. The van der Waals surface area contributed by atoms with Crippen LogP contribution in [-0.4, -0.2) is 41.0 Å². The van der Waals surface area contributed by atoms with Gasteiger partial charge in [-0.05, 0) is 42.2 Å². The van der Waals surface area contributed by atoms with Crippen molar-refractivity contribution < 1.29 is 14.7 Å². The zero-order valence-electron chi connectivity index (χ0n) is 14.4. The molecule has 4 rings (SSSR count). The topological polar surface area (TPSA) is 103 Å². The number of aromatic nitrogens is 1. The molecule has 1 unspecified atom stereocenters. The van der Waals surface area contributed by atoms with Crippen molar-refractivity contribution in [1.29, 1.82) is 0 Å². The third kappa shape index (κ3) is 3.89. The highest BCUT2D eigenvalue weighted by molar-refractivity contribution is 6.30. The maximum atomic E-state index is 12.4. The van der Waals surface area contributed by atoms with Gasteiger partial charge in [-0.1, -0.05) is 11.6 Å². The first-order valence-corrected chi connectivity index (χ1v) is 9.14. The van der Waals surface area contributed by atoms with Crippen LogP contribution in [0.5, 0.6) is 5.75 Å². The van der Waals surface area contributed by atoms with Gasteiger partial charge in [0.2, 0.25) is 5.91 Å². The lowest BCUT2D eigenvalue weighted by Gasteiger charge is -2.10. The second kappa shape index (κ2) is 7.17. The number of hydrogen-bond acceptors (Lipinski definition) is 5. The minimum absolute atomic E-state index is 0.00816. The normalized spacial score (nSPS) is 22.8. The van der Waals surface area contributed by atoms with Crippen LogP contribution < -0.4 is 16.0 Å². The van der Waals surface area contributed by atoms with Gasteiger partial charge in [0.1, 0.15) is 11.4 Å². The molecular formula is C19H19ClN4O3. The number of aromatic hydroxyl groups is 1. The number of pyridine rings is 1. The van der Waals surface area contributed by atoms with Crippen molar-refractivity contribution in [1.82, 2.24) is 15.6 Å². The molecule has 27 heavy (non-hydrogen) atoms. The van der Waals surface area contributed by atoms with Crippen LogP contribution in [0.2, 0.25) is 5.02 Å². The molecule has 3 atom stereocenters. The minimum Gasteiger partial charge on any atom is -0.508 e. The minimum atomic E-state index is -0.326. The Hall–Kier alpha value is -2.64. The summed E-state index contributed by atoms with van der Waals surface area (Å²) in [7, 11) is 0. The van der Waals surface area contributed by atoms with Crippen LogP contribution in [0.3, 0.4) is 0 Å². The Kier molecular flexibility index (Phi) is 4.72. The van der Waals surface area contributed by atoms with E-state index in [1.54, 1.807) is 24.3 Å². The van der Waals surface area contributed by atoms with Crippen LogP contribution in [-0.2, 0) is 11.2 Å².